The number of ether oxygens (including phenoxy) is 1. The summed E-state index contributed by atoms with van der Waals surface area (Å²) in [4.78, 5) is 15.1. The normalized spacial score (nSPS) is 18.3. The Labute approximate surface area is 196 Å². The molecule has 1 atom stereocenters. The van der Waals surface area contributed by atoms with Crippen molar-refractivity contribution in [1.82, 2.24) is 0 Å². The smallest absolute Gasteiger partial charge is 0.161 e. The standard InChI is InChI=1S/C26H24BrN3O2/c1-3-13-32-19-10-7-17(8-11-19)24-20(15-28)26(29)30(21-12-9-18(27)14-16(21)2)22-5-4-6-23(31)25(22)24/h3,7-12,14,24H,1,4-6,13,29H2,2H3. The summed E-state index contributed by atoms with van der Waals surface area (Å²) in [6.45, 7) is 6.07. The molecule has 0 amide bonds. The van der Waals surface area contributed by atoms with Crippen LogP contribution in [0.5, 0.6) is 5.75 Å². The van der Waals surface area contributed by atoms with Gasteiger partial charge >= 0.3 is 0 Å². The Kier molecular flexibility index (Phi) is 6.20. The summed E-state index contributed by atoms with van der Waals surface area (Å²) < 4.78 is 6.55. The van der Waals surface area contributed by atoms with Crippen molar-refractivity contribution in [3.05, 3.63) is 93.4 Å². The van der Waals surface area contributed by atoms with Crippen LogP contribution >= 0.6 is 15.9 Å². The van der Waals surface area contributed by atoms with Crippen LogP contribution in [0.1, 0.15) is 36.3 Å². The number of nitriles is 1. The minimum absolute atomic E-state index is 0.0725. The second-order valence-electron chi connectivity index (χ2n) is 7.92. The van der Waals surface area contributed by atoms with Crippen molar-refractivity contribution in [1.29, 1.82) is 5.26 Å². The second-order valence-corrected chi connectivity index (χ2v) is 8.83. The van der Waals surface area contributed by atoms with Crippen LogP contribution in [-0.2, 0) is 4.79 Å². The number of hydrogen-bond donors (Lipinski definition) is 1. The number of hydrogen-bond acceptors (Lipinski definition) is 5. The van der Waals surface area contributed by atoms with Gasteiger partial charge < -0.3 is 10.5 Å². The van der Waals surface area contributed by atoms with E-state index in [1.807, 2.05) is 54.3 Å². The van der Waals surface area contributed by atoms with Crippen LogP contribution in [0.4, 0.5) is 5.69 Å². The van der Waals surface area contributed by atoms with E-state index < -0.39 is 5.92 Å². The van der Waals surface area contributed by atoms with Gasteiger partial charge in [-0.3, -0.25) is 9.69 Å². The lowest BCUT2D eigenvalue weighted by molar-refractivity contribution is -0.116. The van der Waals surface area contributed by atoms with Crippen molar-refractivity contribution < 1.29 is 9.53 Å². The number of benzene rings is 2. The maximum Gasteiger partial charge on any atom is 0.161 e. The van der Waals surface area contributed by atoms with Crippen molar-refractivity contribution in [3.63, 3.8) is 0 Å². The van der Waals surface area contributed by atoms with Gasteiger partial charge in [-0.25, -0.2) is 0 Å². The van der Waals surface area contributed by atoms with Gasteiger partial charge in [-0.1, -0.05) is 40.7 Å². The zero-order valence-corrected chi connectivity index (χ0v) is 19.5. The van der Waals surface area contributed by atoms with E-state index in [0.29, 0.717) is 35.7 Å². The molecule has 1 aliphatic carbocycles. The average Bonchev–Trinajstić information content (AvgIpc) is 2.78. The third kappa shape index (κ3) is 3.85. The Morgan fingerprint density at radius 1 is 1.28 bits per heavy atom. The molecule has 6 heteroatoms. The van der Waals surface area contributed by atoms with Gasteiger partial charge in [0, 0.05) is 22.2 Å². The summed E-state index contributed by atoms with van der Waals surface area (Å²) >= 11 is 3.51. The fourth-order valence-corrected chi connectivity index (χ4v) is 4.95. The Balaban J connectivity index is 1.88. The molecule has 1 unspecified atom stereocenters. The van der Waals surface area contributed by atoms with E-state index >= 15 is 0 Å². The predicted octanol–water partition coefficient (Wildman–Crippen LogP) is 5.63. The number of ketones is 1. The quantitative estimate of drug-likeness (QED) is 0.550. The highest BCUT2D eigenvalue weighted by molar-refractivity contribution is 9.10. The molecule has 2 aliphatic rings. The molecule has 32 heavy (non-hydrogen) atoms. The first-order valence-corrected chi connectivity index (χ1v) is 11.3. The molecule has 2 aromatic carbocycles. The summed E-state index contributed by atoms with van der Waals surface area (Å²) in [5.74, 6) is 0.672. The number of carbonyl (C=O) groups is 1. The average molecular weight is 490 g/mol. The molecular formula is C26H24BrN3O2. The van der Waals surface area contributed by atoms with E-state index in [4.69, 9.17) is 10.5 Å². The van der Waals surface area contributed by atoms with Gasteiger partial charge in [-0.2, -0.15) is 5.26 Å². The number of aryl methyl sites for hydroxylation is 1. The molecule has 4 rings (SSSR count). The molecule has 1 heterocycles. The lowest BCUT2D eigenvalue weighted by atomic mass is 9.75. The summed E-state index contributed by atoms with van der Waals surface area (Å²) in [7, 11) is 0. The van der Waals surface area contributed by atoms with Gasteiger partial charge in [0.2, 0.25) is 0 Å². The van der Waals surface area contributed by atoms with Gasteiger partial charge in [0.15, 0.2) is 5.78 Å². The topological polar surface area (TPSA) is 79.3 Å². The van der Waals surface area contributed by atoms with Crippen LogP contribution in [0.15, 0.2) is 82.3 Å². The molecule has 5 nitrogen and oxygen atoms in total. The van der Waals surface area contributed by atoms with Gasteiger partial charge in [-0.15, -0.1) is 0 Å². The summed E-state index contributed by atoms with van der Waals surface area (Å²) in [6, 6.07) is 15.7. The maximum absolute atomic E-state index is 13.2. The maximum atomic E-state index is 13.2. The third-order valence-corrected chi connectivity index (χ3v) is 6.39. The molecule has 0 saturated carbocycles. The lowest BCUT2D eigenvalue weighted by Gasteiger charge is -2.40. The number of rotatable bonds is 5. The SMILES string of the molecule is C=CCOc1ccc(C2C(C#N)=C(N)N(c3ccc(Br)cc3C)C3=C2C(=O)CCC3)cc1. The third-order valence-electron chi connectivity index (χ3n) is 5.89. The first-order valence-electron chi connectivity index (χ1n) is 10.5. The number of halogens is 1. The largest absolute Gasteiger partial charge is 0.490 e. The Morgan fingerprint density at radius 3 is 2.69 bits per heavy atom. The number of allylic oxidation sites excluding steroid dienone is 3. The first-order chi connectivity index (χ1) is 15.5. The zero-order valence-electron chi connectivity index (χ0n) is 17.9. The Bertz CT molecular complexity index is 1190. The van der Waals surface area contributed by atoms with E-state index in [1.54, 1.807) is 6.08 Å². The molecule has 0 spiro atoms. The van der Waals surface area contributed by atoms with Crippen molar-refractivity contribution in [2.45, 2.75) is 32.1 Å². The van der Waals surface area contributed by atoms with Crippen LogP contribution in [0.2, 0.25) is 0 Å². The van der Waals surface area contributed by atoms with Gasteiger partial charge in [-0.05, 0) is 61.2 Å². The predicted molar refractivity (Wildman–Crippen MR) is 129 cm³/mol. The number of anilines is 1. The molecule has 2 aromatic rings. The number of nitrogens with zero attached hydrogens (tertiary/aromatic N) is 2. The van der Waals surface area contributed by atoms with Gasteiger partial charge in [0.25, 0.3) is 0 Å². The minimum atomic E-state index is -0.483. The van der Waals surface area contributed by atoms with Crippen molar-refractivity contribution >= 4 is 27.4 Å². The second kappa shape index (κ2) is 9.05. The van der Waals surface area contributed by atoms with Crippen LogP contribution in [0.25, 0.3) is 0 Å². The van der Waals surface area contributed by atoms with E-state index in [9.17, 15) is 10.1 Å². The van der Waals surface area contributed by atoms with Crippen LogP contribution in [0.3, 0.4) is 0 Å². The fraction of sp³-hybridized carbons (Fsp3) is 0.231. The molecule has 0 radical (unpaired) electrons. The first kappa shape index (κ1) is 21.9. The molecule has 1 aliphatic heterocycles. The van der Waals surface area contributed by atoms with Gasteiger partial charge in [0.05, 0.1) is 23.2 Å². The highest BCUT2D eigenvalue weighted by Gasteiger charge is 2.40. The number of nitrogens with two attached hydrogens (primary N) is 1. The molecule has 0 fully saturated rings. The summed E-state index contributed by atoms with van der Waals surface area (Å²) in [5.41, 5.74) is 11.3. The van der Waals surface area contributed by atoms with Gasteiger partial charge in [0.1, 0.15) is 18.2 Å². The van der Waals surface area contributed by atoms with Crippen LogP contribution < -0.4 is 15.4 Å². The molecule has 0 saturated heterocycles. The van der Waals surface area contributed by atoms with Crippen molar-refractivity contribution in [2.24, 2.45) is 5.73 Å². The minimum Gasteiger partial charge on any atom is -0.490 e. The number of carbonyl (C=O) groups excluding carboxylic acids is 1. The number of Topliss-reactive ketones (excluding diaryl/α,β-unsaturated/α-hetero) is 1. The van der Waals surface area contributed by atoms with Crippen LogP contribution in [-0.4, -0.2) is 12.4 Å². The van der Waals surface area contributed by atoms with E-state index in [-0.39, 0.29) is 5.78 Å². The zero-order chi connectivity index (χ0) is 22.8. The summed E-state index contributed by atoms with van der Waals surface area (Å²) in [6.07, 6.45) is 3.65. The molecular weight excluding hydrogens is 466 g/mol. The van der Waals surface area contributed by atoms with Crippen molar-refractivity contribution in [2.75, 3.05) is 11.5 Å². The van der Waals surface area contributed by atoms with E-state index in [1.165, 1.54) is 0 Å². The van der Waals surface area contributed by atoms with E-state index in [2.05, 4.69) is 28.6 Å². The van der Waals surface area contributed by atoms with E-state index in [0.717, 1.165) is 39.8 Å². The van der Waals surface area contributed by atoms with Crippen molar-refractivity contribution in [3.8, 4) is 11.8 Å². The highest BCUT2D eigenvalue weighted by atomic mass is 79.9. The summed E-state index contributed by atoms with van der Waals surface area (Å²) in [5, 5.41) is 10.1. The fourth-order valence-electron chi connectivity index (χ4n) is 4.48. The van der Waals surface area contributed by atoms with Crippen LogP contribution in [0, 0.1) is 18.3 Å². The lowest BCUT2D eigenvalue weighted by Crippen LogP contribution is -2.39. The molecule has 0 bridgehead atoms. The molecule has 2 N–H and O–H groups in total. The molecule has 0 aromatic heterocycles. The monoisotopic (exact) mass is 489 g/mol. The Morgan fingerprint density at radius 2 is 2.03 bits per heavy atom. The Hall–Kier alpha value is -3.30. The highest BCUT2D eigenvalue weighted by Crippen LogP contribution is 2.47. The molecule has 162 valence electrons.